The van der Waals surface area contributed by atoms with Gasteiger partial charge in [0, 0.05) is 16.6 Å². The lowest BCUT2D eigenvalue weighted by atomic mass is 9.90. The van der Waals surface area contributed by atoms with Gasteiger partial charge in [-0.3, -0.25) is 9.69 Å². The number of hydrogen-bond donors (Lipinski definition) is 0. The first-order valence-corrected chi connectivity index (χ1v) is 6.71. The highest BCUT2D eigenvalue weighted by Gasteiger charge is 2.38. The lowest BCUT2D eigenvalue weighted by Gasteiger charge is -2.20. The molecule has 2 heterocycles. The fourth-order valence-electron chi connectivity index (χ4n) is 2.28. The fraction of sp³-hybridized carbons (Fsp3) is 0.571. The Kier molecular flexibility index (Phi) is 3.25. The van der Waals surface area contributed by atoms with E-state index < -0.39 is 5.50 Å². The summed E-state index contributed by atoms with van der Waals surface area (Å²) in [5, 5.41) is 4.05. The molecule has 0 aliphatic carbocycles. The van der Waals surface area contributed by atoms with Gasteiger partial charge in [0.25, 0.3) is 5.91 Å². The summed E-state index contributed by atoms with van der Waals surface area (Å²) >= 11 is 6.31. The molecule has 0 spiro atoms. The van der Waals surface area contributed by atoms with Gasteiger partial charge in [-0.1, -0.05) is 37.5 Å². The summed E-state index contributed by atoms with van der Waals surface area (Å²) in [5.41, 5.74) is 1.78. The van der Waals surface area contributed by atoms with Crippen LogP contribution in [0, 0.1) is 6.92 Å². The molecule has 1 aliphatic heterocycles. The highest BCUT2D eigenvalue weighted by atomic mass is 35.5. The molecule has 1 unspecified atom stereocenters. The fourth-order valence-corrected chi connectivity index (χ4v) is 2.62. The van der Waals surface area contributed by atoms with Crippen LogP contribution in [0.5, 0.6) is 0 Å². The van der Waals surface area contributed by atoms with Gasteiger partial charge < -0.3 is 4.52 Å². The van der Waals surface area contributed by atoms with Crippen LogP contribution in [0.1, 0.15) is 45.9 Å². The lowest BCUT2D eigenvalue weighted by molar-refractivity contribution is -0.114. The van der Waals surface area contributed by atoms with E-state index in [1.165, 1.54) is 4.90 Å². The summed E-state index contributed by atoms with van der Waals surface area (Å²) < 4.78 is 5.42. The van der Waals surface area contributed by atoms with Gasteiger partial charge in [0.2, 0.25) is 0 Å². The first-order chi connectivity index (χ1) is 8.66. The number of anilines is 1. The molecule has 1 aliphatic rings. The number of carbonyl (C=O) groups is 1. The Labute approximate surface area is 118 Å². The number of hydrogen-bond acceptors (Lipinski definition) is 3. The Bertz CT molecular complexity index is 566. The van der Waals surface area contributed by atoms with Gasteiger partial charge in [0.05, 0.1) is 0 Å². The van der Waals surface area contributed by atoms with Crippen molar-refractivity contribution in [2.24, 2.45) is 0 Å². The summed E-state index contributed by atoms with van der Waals surface area (Å²) in [7, 11) is 0. The van der Waals surface area contributed by atoms with Crippen LogP contribution in [0.15, 0.2) is 15.7 Å². The molecule has 0 saturated heterocycles. The van der Waals surface area contributed by atoms with E-state index in [9.17, 15) is 4.79 Å². The van der Waals surface area contributed by atoms with E-state index in [0.29, 0.717) is 11.4 Å². The summed E-state index contributed by atoms with van der Waals surface area (Å²) in [4.78, 5) is 13.7. The van der Waals surface area contributed by atoms with Crippen molar-refractivity contribution in [3.63, 3.8) is 0 Å². The Morgan fingerprint density at radius 1 is 1.26 bits per heavy atom. The molecular weight excluding hydrogens is 264 g/mol. The van der Waals surface area contributed by atoms with E-state index in [0.717, 1.165) is 16.9 Å². The highest BCUT2D eigenvalue weighted by Crippen LogP contribution is 2.37. The lowest BCUT2D eigenvalue weighted by Crippen LogP contribution is -2.32. The number of rotatable bonds is 1. The molecule has 1 atom stereocenters. The van der Waals surface area contributed by atoms with Crippen molar-refractivity contribution in [3.8, 4) is 0 Å². The van der Waals surface area contributed by atoms with Crippen LogP contribution in [-0.4, -0.2) is 16.6 Å². The monoisotopic (exact) mass is 282 g/mol. The summed E-state index contributed by atoms with van der Waals surface area (Å²) in [6, 6.07) is 0. The number of amides is 1. The second kappa shape index (κ2) is 4.37. The Hall–Kier alpha value is -1.29. The zero-order chi connectivity index (χ0) is 14.5. The van der Waals surface area contributed by atoms with Gasteiger partial charge in [0.1, 0.15) is 11.3 Å². The van der Waals surface area contributed by atoms with E-state index in [4.69, 9.17) is 16.1 Å². The molecule has 1 amide bonds. The van der Waals surface area contributed by atoms with Gasteiger partial charge in [-0.15, -0.1) is 0 Å². The molecule has 0 saturated carbocycles. The number of halogens is 1. The molecule has 1 aromatic rings. The maximum atomic E-state index is 12.2. The van der Waals surface area contributed by atoms with Crippen molar-refractivity contribution < 1.29 is 9.32 Å². The Morgan fingerprint density at radius 2 is 1.84 bits per heavy atom. The van der Waals surface area contributed by atoms with Crippen molar-refractivity contribution in [1.29, 1.82) is 0 Å². The van der Waals surface area contributed by atoms with Gasteiger partial charge in [-0.2, -0.15) is 0 Å². The topological polar surface area (TPSA) is 46.3 Å². The molecule has 0 bridgehead atoms. The second-order valence-corrected chi connectivity index (χ2v) is 6.44. The molecule has 0 radical (unpaired) electrons. The molecule has 1 aromatic heterocycles. The molecule has 104 valence electrons. The minimum atomic E-state index is -0.482. The third-order valence-electron chi connectivity index (χ3n) is 3.52. The van der Waals surface area contributed by atoms with Crippen molar-refractivity contribution in [3.05, 3.63) is 22.5 Å². The third kappa shape index (κ3) is 2.08. The van der Waals surface area contributed by atoms with Gasteiger partial charge in [-0.25, -0.2) is 0 Å². The average Bonchev–Trinajstić information content (AvgIpc) is 2.76. The summed E-state index contributed by atoms with van der Waals surface area (Å²) in [5.74, 6) is 1.20. The zero-order valence-corrected chi connectivity index (χ0v) is 12.9. The van der Waals surface area contributed by atoms with Crippen LogP contribution in [0.4, 0.5) is 5.82 Å². The predicted molar refractivity (Wildman–Crippen MR) is 75.4 cm³/mol. The van der Waals surface area contributed by atoms with E-state index in [1.807, 2.05) is 34.6 Å². The molecule has 4 nitrogen and oxygen atoms in total. The van der Waals surface area contributed by atoms with Crippen LogP contribution in [-0.2, 0) is 10.2 Å². The minimum absolute atomic E-state index is 0.102. The molecular formula is C14H19ClN2O2. The summed E-state index contributed by atoms with van der Waals surface area (Å²) in [6.07, 6.45) is 0. The number of nitrogens with zero attached hydrogens (tertiary/aromatic N) is 2. The van der Waals surface area contributed by atoms with Crippen molar-refractivity contribution in [2.45, 2.75) is 52.5 Å². The number of carbonyl (C=O) groups excluding carboxylic acids is 1. The molecule has 0 aromatic carbocycles. The Morgan fingerprint density at radius 3 is 2.21 bits per heavy atom. The number of aromatic nitrogens is 1. The summed E-state index contributed by atoms with van der Waals surface area (Å²) in [6.45, 7) is 11.7. The number of alkyl halides is 1. The molecule has 0 N–H and O–H groups in total. The highest BCUT2D eigenvalue weighted by molar-refractivity contribution is 6.30. The maximum absolute atomic E-state index is 12.2. The normalized spacial score (nSPS) is 20.7. The van der Waals surface area contributed by atoms with Crippen molar-refractivity contribution in [1.82, 2.24) is 5.16 Å². The van der Waals surface area contributed by atoms with Crippen LogP contribution >= 0.6 is 11.6 Å². The average molecular weight is 283 g/mol. The largest absolute Gasteiger partial charge is 0.358 e. The quantitative estimate of drug-likeness (QED) is 0.585. The van der Waals surface area contributed by atoms with Gasteiger partial charge in [-0.05, 0) is 26.3 Å². The smallest absolute Gasteiger partial charge is 0.256 e. The predicted octanol–water partition coefficient (Wildman–Crippen LogP) is 3.53. The SMILES string of the molecule is CC1=C(C)C(Cl)N(c2noc(C(C)(C)C)c2C)C1=O. The van der Waals surface area contributed by atoms with Gasteiger partial charge in [0.15, 0.2) is 5.82 Å². The Balaban J connectivity index is 2.46. The molecule has 19 heavy (non-hydrogen) atoms. The first kappa shape index (κ1) is 14.1. The van der Waals surface area contributed by atoms with E-state index >= 15 is 0 Å². The van der Waals surface area contributed by atoms with Crippen LogP contribution in [0.25, 0.3) is 0 Å². The molecule has 2 rings (SSSR count). The van der Waals surface area contributed by atoms with Crippen LogP contribution in [0.3, 0.4) is 0 Å². The first-order valence-electron chi connectivity index (χ1n) is 6.28. The van der Waals surface area contributed by atoms with Crippen molar-refractivity contribution >= 4 is 23.3 Å². The zero-order valence-electron chi connectivity index (χ0n) is 12.2. The van der Waals surface area contributed by atoms with E-state index in [2.05, 4.69) is 5.16 Å². The van der Waals surface area contributed by atoms with Crippen LogP contribution < -0.4 is 4.90 Å². The third-order valence-corrected chi connectivity index (χ3v) is 4.05. The van der Waals surface area contributed by atoms with Crippen LogP contribution in [0.2, 0.25) is 0 Å². The van der Waals surface area contributed by atoms with Crippen molar-refractivity contribution in [2.75, 3.05) is 4.90 Å². The van der Waals surface area contributed by atoms with Gasteiger partial charge >= 0.3 is 0 Å². The van der Waals surface area contributed by atoms with E-state index in [1.54, 1.807) is 6.92 Å². The molecule has 5 heteroatoms. The second-order valence-electron chi connectivity index (χ2n) is 6.03. The maximum Gasteiger partial charge on any atom is 0.256 e. The molecule has 0 fully saturated rings. The standard InChI is InChI=1S/C14H19ClN2O2/c1-7-8(2)13(18)17(11(7)15)12-9(3)10(19-16-12)14(4,5)6/h11H,1-6H3. The van der Waals surface area contributed by atoms with E-state index in [-0.39, 0.29) is 11.3 Å². The minimum Gasteiger partial charge on any atom is -0.358 e.